The van der Waals surface area contributed by atoms with Crippen LogP contribution in [0.15, 0.2) is 78.9 Å². The van der Waals surface area contributed by atoms with Gasteiger partial charge in [-0.3, -0.25) is 4.79 Å². The lowest BCUT2D eigenvalue weighted by atomic mass is 9.86. The van der Waals surface area contributed by atoms with Gasteiger partial charge in [0.1, 0.15) is 12.4 Å². The molecule has 0 fully saturated rings. The lowest BCUT2D eigenvalue weighted by Gasteiger charge is -2.19. The summed E-state index contributed by atoms with van der Waals surface area (Å²) in [7, 11) is 2.17. The number of ether oxygens (including phenoxy) is 1. The Kier molecular flexibility index (Phi) is 8.43. The molecule has 0 saturated carbocycles. The topological polar surface area (TPSA) is 29.5 Å². The van der Waals surface area contributed by atoms with Crippen LogP contribution < -0.4 is 4.74 Å². The second kappa shape index (κ2) is 11.7. The van der Waals surface area contributed by atoms with Crippen LogP contribution in [0, 0.1) is 0 Å². The zero-order chi connectivity index (χ0) is 25.5. The van der Waals surface area contributed by atoms with Crippen LogP contribution in [-0.4, -0.2) is 30.8 Å². The van der Waals surface area contributed by atoms with Crippen LogP contribution in [0.5, 0.6) is 5.75 Å². The molecular formula is C33H39NO2. The van der Waals surface area contributed by atoms with Gasteiger partial charge < -0.3 is 9.64 Å². The Bertz CT molecular complexity index is 1150. The van der Waals surface area contributed by atoms with Crippen molar-refractivity contribution < 1.29 is 9.53 Å². The molecular weight excluding hydrogens is 442 g/mol. The van der Waals surface area contributed by atoms with Crippen molar-refractivity contribution in [2.45, 2.75) is 58.5 Å². The molecule has 0 spiro atoms. The Labute approximate surface area is 216 Å². The molecule has 188 valence electrons. The van der Waals surface area contributed by atoms with Gasteiger partial charge in [0.15, 0.2) is 5.78 Å². The Morgan fingerprint density at radius 2 is 1.58 bits per heavy atom. The molecule has 1 heterocycles. The first-order valence-corrected chi connectivity index (χ1v) is 13.2. The summed E-state index contributed by atoms with van der Waals surface area (Å²) in [5, 5.41) is 0. The number of ketones is 1. The minimum atomic E-state index is 0.110. The smallest absolute Gasteiger partial charge is 0.162 e. The summed E-state index contributed by atoms with van der Waals surface area (Å²) in [6.07, 6.45) is 5.88. The van der Waals surface area contributed by atoms with Crippen LogP contribution in [0.25, 0.3) is 5.57 Å². The Morgan fingerprint density at radius 1 is 0.889 bits per heavy atom. The van der Waals surface area contributed by atoms with Crippen molar-refractivity contribution in [1.29, 1.82) is 0 Å². The molecule has 0 unspecified atom stereocenters. The number of carbonyl (C=O) groups excluding carboxylic acids is 1. The molecule has 0 N–H and O–H groups in total. The molecule has 3 aromatic carbocycles. The lowest BCUT2D eigenvalue weighted by molar-refractivity contribution is 0.0978. The Hall–Kier alpha value is -3.17. The molecule has 0 aliphatic carbocycles. The van der Waals surface area contributed by atoms with Gasteiger partial charge in [-0.05, 0) is 66.6 Å². The third-order valence-electron chi connectivity index (χ3n) is 6.99. The number of rotatable bonds is 9. The molecule has 0 amide bonds. The lowest BCUT2D eigenvalue weighted by Crippen LogP contribution is -2.20. The maximum atomic E-state index is 12.6. The van der Waals surface area contributed by atoms with Crippen LogP contribution in [-0.2, 0) is 12.0 Å². The molecule has 0 aromatic heterocycles. The fourth-order valence-corrected chi connectivity index (χ4v) is 4.75. The van der Waals surface area contributed by atoms with E-state index in [1.807, 2.05) is 18.2 Å². The van der Waals surface area contributed by atoms with E-state index in [1.54, 1.807) is 0 Å². The van der Waals surface area contributed by atoms with Gasteiger partial charge in [-0.1, -0.05) is 93.6 Å². The number of fused-ring (bicyclic) bond motifs is 2. The van der Waals surface area contributed by atoms with Crippen LogP contribution in [0.2, 0.25) is 0 Å². The van der Waals surface area contributed by atoms with E-state index >= 15 is 0 Å². The first-order chi connectivity index (χ1) is 17.3. The minimum absolute atomic E-state index is 0.110. The van der Waals surface area contributed by atoms with E-state index in [2.05, 4.69) is 93.4 Å². The highest BCUT2D eigenvalue weighted by Crippen LogP contribution is 2.36. The van der Waals surface area contributed by atoms with E-state index in [1.165, 1.54) is 27.8 Å². The van der Waals surface area contributed by atoms with Crippen molar-refractivity contribution in [2.75, 3.05) is 20.1 Å². The summed E-state index contributed by atoms with van der Waals surface area (Å²) in [6.45, 7) is 9.16. The van der Waals surface area contributed by atoms with Gasteiger partial charge in [-0.15, -0.1) is 0 Å². The summed E-state index contributed by atoms with van der Waals surface area (Å²) >= 11 is 0. The van der Waals surface area contributed by atoms with Crippen molar-refractivity contribution in [3.05, 3.63) is 107 Å². The number of para-hydroxylation sites is 1. The quantitative estimate of drug-likeness (QED) is 0.232. The van der Waals surface area contributed by atoms with Gasteiger partial charge in [0.25, 0.3) is 0 Å². The molecule has 3 heteroatoms. The van der Waals surface area contributed by atoms with Gasteiger partial charge in [0.2, 0.25) is 0 Å². The molecule has 36 heavy (non-hydrogen) atoms. The number of Topliss-reactive ketones (excluding diaryl/α,β-unsaturated/α-hetero) is 1. The molecule has 0 bridgehead atoms. The fourth-order valence-electron chi connectivity index (χ4n) is 4.75. The van der Waals surface area contributed by atoms with E-state index in [0.29, 0.717) is 13.0 Å². The van der Waals surface area contributed by atoms with Crippen molar-refractivity contribution in [1.82, 2.24) is 4.90 Å². The monoisotopic (exact) mass is 481 g/mol. The molecule has 0 saturated heterocycles. The summed E-state index contributed by atoms with van der Waals surface area (Å²) in [5.74, 6) is 1.20. The van der Waals surface area contributed by atoms with Crippen LogP contribution in [0.1, 0.15) is 79.1 Å². The van der Waals surface area contributed by atoms with E-state index < -0.39 is 0 Å². The molecule has 0 atom stereocenters. The third kappa shape index (κ3) is 6.53. The van der Waals surface area contributed by atoms with Crippen molar-refractivity contribution in [2.24, 2.45) is 0 Å². The van der Waals surface area contributed by atoms with Gasteiger partial charge in [-0.2, -0.15) is 0 Å². The summed E-state index contributed by atoms with van der Waals surface area (Å²) in [6, 6.07) is 25.0. The number of carbonyl (C=O) groups is 1. The van der Waals surface area contributed by atoms with Crippen molar-refractivity contribution >= 4 is 11.4 Å². The van der Waals surface area contributed by atoms with E-state index in [0.717, 1.165) is 43.7 Å². The average molecular weight is 482 g/mol. The second-order valence-electron chi connectivity index (χ2n) is 10.9. The van der Waals surface area contributed by atoms with Gasteiger partial charge in [0, 0.05) is 24.1 Å². The first-order valence-electron chi connectivity index (χ1n) is 13.2. The first kappa shape index (κ1) is 25.9. The number of benzene rings is 3. The SMILES string of the molecule is CN(CC/C=C1/c2ccccc2COc2ccccc21)CCCCC(=O)c1ccc(C(C)(C)C)cc1. The van der Waals surface area contributed by atoms with E-state index in [4.69, 9.17) is 4.74 Å². The maximum absolute atomic E-state index is 12.6. The van der Waals surface area contributed by atoms with Crippen molar-refractivity contribution in [3.63, 3.8) is 0 Å². The minimum Gasteiger partial charge on any atom is -0.488 e. The van der Waals surface area contributed by atoms with Gasteiger partial charge >= 0.3 is 0 Å². The number of unbranched alkanes of at least 4 members (excludes halogenated alkanes) is 1. The highest BCUT2D eigenvalue weighted by atomic mass is 16.5. The average Bonchev–Trinajstić information content (AvgIpc) is 3.03. The summed E-state index contributed by atoms with van der Waals surface area (Å²) in [4.78, 5) is 15.0. The highest BCUT2D eigenvalue weighted by molar-refractivity contribution is 5.96. The van der Waals surface area contributed by atoms with Crippen LogP contribution in [0.3, 0.4) is 0 Å². The number of hydrogen-bond acceptors (Lipinski definition) is 3. The number of hydrogen-bond donors (Lipinski definition) is 0. The fraction of sp³-hybridized carbons (Fsp3) is 0.364. The summed E-state index contributed by atoms with van der Waals surface area (Å²) < 4.78 is 6.09. The molecule has 3 nitrogen and oxygen atoms in total. The van der Waals surface area contributed by atoms with Gasteiger partial charge in [0.05, 0.1) is 0 Å². The Morgan fingerprint density at radius 3 is 2.33 bits per heavy atom. The van der Waals surface area contributed by atoms with Crippen molar-refractivity contribution in [3.8, 4) is 5.75 Å². The molecule has 1 aliphatic rings. The number of nitrogens with zero attached hydrogens (tertiary/aromatic N) is 1. The molecule has 0 radical (unpaired) electrons. The highest BCUT2D eigenvalue weighted by Gasteiger charge is 2.18. The van der Waals surface area contributed by atoms with Gasteiger partial charge in [-0.25, -0.2) is 0 Å². The maximum Gasteiger partial charge on any atom is 0.162 e. The second-order valence-corrected chi connectivity index (χ2v) is 10.9. The standard InChI is InChI=1S/C33H39NO2/c1-33(2,3)27-20-18-25(19-21-27)31(35)16-9-10-22-34(4)23-11-15-29-28-13-6-5-12-26(28)24-36-32-17-8-7-14-30(29)32/h5-8,12-15,17-21H,9-11,16,22-24H2,1-4H3/b29-15-. The van der Waals surface area contributed by atoms with Crippen LogP contribution in [0.4, 0.5) is 0 Å². The molecule has 3 aromatic rings. The largest absolute Gasteiger partial charge is 0.488 e. The molecule has 4 rings (SSSR count). The normalized spacial score (nSPS) is 14.2. The third-order valence-corrected chi connectivity index (χ3v) is 6.99. The van der Waals surface area contributed by atoms with E-state index in [9.17, 15) is 4.79 Å². The van der Waals surface area contributed by atoms with E-state index in [-0.39, 0.29) is 11.2 Å². The summed E-state index contributed by atoms with van der Waals surface area (Å²) in [5.41, 5.74) is 7.12. The van der Waals surface area contributed by atoms with Crippen LogP contribution >= 0.6 is 0 Å². The Balaban J connectivity index is 1.27. The predicted molar refractivity (Wildman–Crippen MR) is 150 cm³/mol. The zero-order valence-electron chi connectivity index (χ0n) is 22.2. The zero-order valence-corrected chi connectivity index (χ0v) is 22.2. The predicted octanol–water partition coefficient (Wildman–Crippen LogP) is 7.68. The molecule has 1 aliphatic heterocycles.